The highest BCUT2D eigenvalue weighted by molar-refractivity contribution is 7.96. The number of hydrogen-bond acceptors (Lipinski definition) is 3. The molecule has 1 unspecified atom stereocenters. The lowest BCUT2D eigenvalue weighted by molar-refractivity contribution is -0.140. The average molecular weight is 161 g/mol. The zero-order chi connectivity index (χ0) is 7.56. The Morgan fingerprint density at radius 2 is 2.50 bits per heavy atom. The fourth-order valence-electron chi connectivity index (χ4n) is 1.21. The quantitative estimate of drug-likeness (QED) is 0.608. The Bertz CT molecular complexity index is 140. The number of nitrogens with zero attached hydrogens (tertiary/aromatic N) is 1. The van der Waals surface area contributed by atoms with Gasteiger partial charge in [0.05, 0.1) is 0 Å². The molecule has 1 atom stereocenters. The van der Waals surface area contributed by atoms with E-state index in [1.54, 1.807) is 0 Å². The molecule has 10 heavy (non-hydrogen) atoms. The minimum atomic E-state index is -0.688. The summed E-state index contributed by atoms with van der Waals surface area (Å²) in [5, 5.41) is 8.66. The summed E-state index contributed by atoms with van der Waals surface area (Å²) in [7, 11) is 0. The first kappa shape index (κ1) is 7.88. The predicted molar refractivity (Wildman–Crippen MR) is 40.9 cm³/mol. The van der Waals surface area contributed by atoms with Crippen molar-refractivity contribution in [1.82, 2.24) is 4.31 Å². The van der Waals surface area contributed by atoms with Crippen LogP contribution in [0.3, 0.4) is 0 Å². The predicted octanol–water partition coefficient (Wildman–Crippen LogP) is 0.813. The second-order valence-corrected chi connectivity index (χ2v) is 3.15. The second kappa shape index (κ2) is 3.25. The summed E-state index contributed by atoms with van der Waals surface area (Å²) in [6.45, 7) is 0.915. The number of carboxylic acid groups (broad SMARTS) is 1. The molecule has 0 aromatic rings. The summed E-state index contributed by atoms with van der Waals surface area (Å²) in [6.07, 6.45) is 3.73. The van der Waals surface area contributed by atoms with Crippen LogP contribution in [-0.2, 0) is 4.79 Å². The third kappa shape index (κ3) is 1.44. The number of hydrogen-bond donors (Lipinski definition) is 1. The van der Waals surface area contributed by atoms with E-state index in [1.165, 1.54) is 11.9 Å². The Kier molecular flexibility index (Phi) is 2.56. The molecule has 0 aromatic carbocycles. The highest BCUT2D eigenvalue weighted by Gasteiger charge is 2.29. The van der Waals surface area contributed by atoms with Gasteiger partial charge in [-0.15, -0.1) is 0 Å². The highest BCUT2D eigenvalue weighted by Crippen LogP contribution is 2.23. The van der Waals surface area contributed by atoms with Gasteiger partial charge in [0.1, 0.15) is 6.04 Å². The molecule has 1 heterocycles. The molecule has 1 rings (SSSR count). The fourth-order valence-corrected chi connectivity index (χ4v) is 1.97. The largest absolute Gasteiger partial charge is 0.480 e. The van der Waals surface area contributed by atoms with Gasteiger partial charge in [-0.3, -0.25) is 4.79 Å². The van der Waals surface area contributed by atoms with E-state index in [4.69, 9.17) is 5.11 Å². The van der Waals surface area contributed by atoms with E-state index in [2.05, 4.69) is 0 Å². The van der Waals surface area contributed by atoms with Crippen LogP contribution in [0.5, 0.6) is 0 Å². The molecule has 0 amide bonds. The van der Waals surface area contributed by atoms with Crippen LogP contribution in [0.25, 0.3) is 0 Å². The van der Waals surface area contributed by atoms with E-state index in [9.17, 15) is 4.79 Å². The van der Waals surface area contributed by atoms with Crippen LogP contribution in [0.15, 0.2) is 0 Å². The van der Waals surface area contributed by atoms with E-state index < -0.39 is 5.97 Å². The maximum atomic E-state index is 10.5. The van der Waals surface area contributed by atoms with Crippen molar-refractivity contribution in [2.45, 2.75) is 18.9 Å². The molecule has 1 aliphatic heterocycles. The number of carbonyl (C=O) groups is 1. The van der Waals surface area contributed by atoms with Crippen LogP contribution in [0, 0.1) is 0 Å². The second-order valence-electron chi connectivity index (χ2n) is 2.32. The molecule has 1 N–H and O–H groups in total. The zero-order valence-electron chi connectivity index (χ0n) is 5.91. The molecule has 0 bridgehead atoms. The van der Waals surface area contributed by atoms with Crippen molar-refractivity contribution in [1.29, 1.82) is 0 Å². The normalized spacial score (nSPS) is 27.1. The SMILES string of the molecule is CSN1CCCC1C(=O)O. The van der Waals surface area contributed by atoms with Crippen LogP contribution >= 0.6 is 11.9 Å². The molecule has 0 radical (unpaired) electrons. The minimum Gasteiger partial charge on any atom is -0.480 e. The van der Waals surface area contributed by atoms with Gasteiger partial charge in [0.15, 0.2) is 0 Å². The molecule has 0 aromatic heterocycles. The Balaban J connectivity index is 2.50. The Morgan fingerprint density at radius 1 is 1.80 bits per heavy atom. The Morgan fingerprint density at radius 3 is 2.90 bits per heavy atom. The van der Waals surface area contributed by atoms with Gasteiger partial charge in [-0.25, -0.2) is 4.31 Å². The maximum Gasteiger partial charge on any atom is 0.321 e. The van der Waals surface area contributed by atoms with E-state index in [0.29, 0.717) is 0 Å². The lowest BCUT2D eigenvalue weighted by Gasteiger charge is -2.16. The van der Waals surface area contributed by atoms with E-state index in [0.717, 1.165) is 19.4 Å². The van der Waals surface area contributed by atoms with E-state index in [-0.39, 0.29) is 6.04 Å². The first-order valence-electron chi connectivity index (χ1n) is 3.29. The van der Waals surface area contributed by atoms with Gasteiger partial charge >= 0.3 is 5.97 Å². The fraction of sp³-hybridized carbons (Fsp3) is 0.833. The van der Waals surface area contributed by atoms with Gasteiger partial charge in [-0.1, -0.05) is 11.9 Å². The molecular weight excluding hydrogens is 150 g/mol. The highest BCUT2D eigenvalue weighted by atomic mass is 32.2. The molecule has 0 saturated carbocycles. The summed E-state index contributed by atoms with van der Waals surface area (Å²) in [5.41, 5.74) is 0. The van der Waals surface area contributed by atoms with Crippen LogP contribution in [0.2, 0.25) is 0 Å². The van der Waals surface area contributed by atoms with Gasteiger partial charge in [0.25, 0.3) is 0 Å². The molecule has 1 saturated heterocycles. The monoisotopic (exact) mass is 161 g/mol. The minimum absolute atomic E-state index is 0.241. The van der Waals surface area contributed by atoms with E-state index >= 15 is 0 Å². The molecule has 3 nitrogen and oxygen atoms in total. The first-order chi connectivity index (χ1) is 4.75. The van der Waals surface area contributed by atoms with Gasteiger partial charge in [0, 0.05) is 6.54 Å². The molecule has 4 heteroatoms. The Hall–Kier alpha value is -0.220. The maximum absolute atomic E-state index is 10.5. The lowest BCUT2D eigenvalue weighted by atomic mass is 10.2. The topological polar surface area (TPSA) is 40.5 Å². The molecule has 58 valence electrons. The van der Waals surface area contributed by atoms with Gasteiger partial charge in [0.2, 0.25) is 0 Å². The summed E-state index contributed by atoms with van der Waals surface area (Å²) >= 11 is 1.52. The van der Waals surface area contributed by atoms with Crippen LogP contribution in [0.1, 0.15) is 12.8 Å². The van der Waals surface area contributed by atoms with Gasteiger partial charge in [-0.2, -0.15) is 0 Å². The molecule has 1 aliphatic rings. The number of carboxylic acids is 1. The van der Waals surface area contributed by atoms with Crippen LogP contribution in [0.4, 0.5) is 0 Å². The zero-order valence-corrected chi connectivity index (χ0v) is 6.73. The van der Waals surface area contributed by atoms with Crippen molar-refractivity contribution in [3.8, 4) is 0 Å². The summed E-state index contributed by atoms with van der Waals surface area (Å²) < 4.78 is 1.92. The first-order valence-corrected chi connectivity index (χ1v) is 4.47. The van der Waals surface area contributed by atoms with Gasteiger partial charge < -0.3 is 5.11 Å². The number of rotatable bonds is 2. The molecular formula is C6H11NO2S. The van der Waals surface area contributed by atoms with Crippen molar-refractivity contribution in [3.63, 3.8) is 0 Å². The van der Waals surface area contributed by atoms with Crippen molar-refractivity contribution < 1.29 is 9.90 Å². The van der Waals surface area contributed by atoms with Crippen molar-refractivity contribution in [2.75, 3.05) is 12.8 Å². The summed E-state index contributed by atoms with van der Waals surface area (Å²) in [5.74, 6) is -0.688. The molecule has 0 aliphatic carbocycles. The third-order valence-corrected chi connectivity index (χ3v) is 2.63. The van der Waals surface area contributed by atoms with Gasteiger partial charge in [-0.05, 0) is 19.1 Å². The smallest absolute Gasteiger partial charge is 0.321 e. The summed E-state index contributed by atoms with van der Waals surface area (Å²) in [6, 6.07) is -0.241. The van der Waals surface area contributed by atoms with Crippen molar-refractivity contribution >= 4 is 17.9 Å². The third-order valence-electron chi connectivity index (χ3n) is 1.72. The van der Waals surface area contributed by atoms with Crippen molar-refractivity contribution in [2.24, 2.45) is 0 Å². The molecule has 0 spiro atoms. The lowest BCUT2D eigenvalue weighted by Crippen LogP contribution is -2.30. The van der Waals surface area contributed by atoms with Crippen LogP contribution < -0.4 is 0 Å². The summed E-state index contributed by atoms with van der Waals surface area (Å²) in [4.78, 5) is 10.5. The Labute approximate surface area is 64.5 Å². The average Bonchev–Trinajstić information content (AvgIpc) is 2.33. The number of aliphatic carboxylic acids is 1. The van der Waals surface area contributed by atoms with Crippen LogP contribution in [-0.4, -0.2) is 34.2 Å². The van der Waals surface area contributed by atoms with Crippen molar-refractivity contribution in [3.05, 3.63) is 0 Å². The molecule has 1 fully saturated rings. The van der Waals surface area contributed by atoms with E-state index in [1.807, 2.05) is 10.6 Å². The standard InChI is InChI=1S/C6H11NO2S/c1-10-7-4-2-3-5(7)6(8)9/h5H,2-4H2,1H3,(H,8,9).